The van der Waals surface area contributed by atoms with Gasteiger partial charge in [0.1, 0.15) is 0 Å². The van der Waals surface area contributed by atoms with Crippen molar-refractivity contribution in [2.75, 3.05) is 0 Å². The number of unbranched alkanes of at least 4 members (excludes halogenated alkanes) is 5. The van der Waals surface area contributed by atoms with Crippen LogP contribution in [0.3, 0.4) is 0 Å². The van der Waals surface area contributed by atoms with E-state index in [9.17, 15) is 4.79 Å². The zero-order chi connectivity index (χ0) is 11.0. The van der Waals surface area contributed by atoms with E-state index in [-0.39, 0.29) is 6.42 Å². The number of hydrogen-bond donors (Lipinski definition) is 1. The maximum atomic E-state index is 10.4. The molecule has 0 aromatic rings. The van der Waals surface area contributed by atoms with Crippen molar-refractivity contribution in [2.24, 2.45) is 0 Å². The van der Waals surface area contributed by atoms with Gasteiger partial charge in [-0.05, 0) is 6.42 Å². The second-order valence-corrected chi connectivity index (χ2v) is 3.00. The van der Waals surface area contributed by atoms with Crippen LogP contribution >= 0.6 is 0 Å². The Bertz CT molecular complexity index is 170. The molecule has 0 spiro atoms. The second-order valence-electron chi connectivity index (χ2n) is 3.00. The highest BCUT2D eigenvalue weighted by Crippen LogP contribution is 2.07. The van der Waals surface area contributed by atoms with Gasteiger partial charge in [-0.25, -0.2) is 0 Å². The molecule has 0 aliphatic carbocycles. The topological polar surface area (TPSA) is 37.3 Å². The minimum absolute atomic E-state index is 0.133. The molecule has 0 atom stereocenters. The fourth-order valence-corrected chi connectivity index (χ4v) is 1.10. The fraction of sp³-hybridized carbons (Fsp3) is 0.900. The van der Waals surface area contributed by atoms with Crippen LogP contribution in [0.15, 0.2) is 0 Å². The van der Waals surface area contributed by atoms with Gasteiger partial charge < -0.3 is 5.11 Å². The van der Waals surface area contributed by atoms with Gasteiger partial charge in [0.15, 0.2) is 0 Å². The van der Waals surface area contributed by atoms with Crippen molar-refractivity contribution in [1.82, 2.24) is 0 Å². The van der Waals surface area contributed by atoms with Crippen LogP contribution in [0, 0.1) is 0 Å². The average Bonchev–Trinajstić information content (AvgIpc) is 2.10. The number of rotatable bonds is 8. The molecule has 0 aromatic carbocycles. The minimum atomic E-state index is -2.04. The third-order valence-corrected chi connectivity index (χ3v) is 1.81. The van der Waals surface area contributed by atoms with Gasteiger partial charge in [0, 0.05) is 9.11 Å². The Kier molecular flexibility index (Phi) is 5.77. The quantitative estimate of drug-likeness (QED) is 0.454. The van der Waals surface area contributed by atoms with Crippen LogP contribution in [-0.4, -0.2) is 11.1 Å². The lowest BCUT2D eigenvalue weighted by atomic mass is 10.1. The van der Waals surface area contributed by atoms with Crippen molar-refractivity contribution in [3.8, 4) is 0 Å². The Labute approximate surface area is 77.8 Å². The lowest BCUT2D eigenvalue weighted by Gasteiger charge is -1.98. The number of carbonyl (C=O) groups is 1. The predicted molar refractivity (Wildman–Crippen MR) is 50.2 cm³/mol. The highest BCUT2D eigenvalue weighted by molar-refractivity contribution is 5.66. The zero-order valence-electron chi connectivity index (χ0n) is 9.81. The van der Waals surface area contributed by atoms with Crippen molar-refractivity contribution < 1.29 is 12.6 Å². The number of carboxylic acid groups (broad SMARTS) is 1. The summed E-state index contributed by atoms with van der Waals surface area (Å²) in [5, 5.41) is 8.51. The molecule has 0 fully saturated rings. The standard InChI is InChI=1S/C10H20O2/c1-2-3-4-5-6-7-8-9-10(11)12/h2-9H2,1H3,(H,11,12)/i9+1D2. The van der Waals surface area contributed by atoms with Crippen LogP contribution in [0.5, 0.6) is 0 Å². The molecule has 0 saturated heterocycles. The van der Waals surface area contributed by atoms with E-state index >= 15 is 0 Å². The molecular formula is C10H20O2. The lowest BCUT2D eigenvalue weighted by molar-refractivity contribution is -0.137. The van der Waals surface area contributed by atoms with Gasteiger partial charge in [0.05, 0.1) is 0 Å². The summed E-state index contributed by atoms with van der Waals surface area (Å²) >= 11 is 0. The van der Waals surface area contributed by atoms with Crippen molar-refractivity contribution in [1.29, 1.82) is 0 Å². The van der Waals surface area contributed by atoms with Crippen LogP contribution in [0.25, 0.3) is 0 Å². The van der Waals surface area contributed by atoms with E-state index in [1.54, 1.807) is 0 Å². The van der Waals surface area contributed by atoms with Crippen molar-refractivity contribution in [3.63, 3.8) is 0 Å². The monoisotopic (exact) mass is 175 g/mol. The summed E-state index contributed by atoms with van der Waals surface area (Å²) in [4.78, 5) is 10.4. The number of carboxylic acids is 1. The van der Waals surface area contributed by atoms with Crippen molar-refractivity contribution in [2.45, 2.75) is 58.2 Å². The molecule has 1 N–H and O–H groups in total. The van der Waals surface area contributed by atoms with E-state index in [1.165, 1.54) is 19.3 Å². The highest BCUT2D eigenvalue weighted by atomic mass is 16.4. The SMILES string of the molecule is [2H][13C]([2H])(CCCCCCCC)C(=O)O. The van der Waals surface area contributed by atoms with Gasteiger partial charge in [0.2, 0.25) is 0 Å². The van der Waals surface area contributed by atoms with Crippen LogP contribution in [0.2, 0.25) is 0 Å². The summed E-state index contributed by atoms with van der Waals surface area (Å²) in [6, 6.07) is 0. The minimum Gasteiger partial charge on any atom is -0.481 e. The van der Waals surface area contributed by atoms with Gasteiger partial charge in [-0.3, -0.25) is 4.79 Å². The van der Waals surface area contributed by atoms with E-state index in [4.69, 9.17) is 7.85 Å². The molecule has 2 heteroatoms. The third-order valence-electron chi connectivity index (χ3n) is 1.81. The predicted octanol–water partition coefficient (Wildman–Crippen LogP) is 3.21. The normalized spacial score (nSPS) is 13.8. The van der Waals surface area contributed by atoms with Gasteiger partial charge >= 0.3 is 5.97 Å². The molecule has 12 heavy (non-hydrogen) atoms. The van der Waals surface area contributed by atoms with Gasteiger partial charge in [-0.2, -0.15) is 0 Å². The molecule has 0 aliphatic heterocycles. The van der Waals surface area contributed by atoms with Crippen LogP contribution in [0.1, 0.15) is 61.0 Å². The van der Waals surface area contributed by atoms with E-state index in [0.29, 0.717) is 6.42 Å². The Morgan fingerprint density at radius 2 is 1.67 bits per heavy atom. The van der Waals surface area contributed by atoms with Gasteiger partial charge in [-0.15, -0.1) is 0 Å². The fourth-order valence-electron chi connectivity index (χ4n) is 1.10. The molecule has 0 amide bonds. The van der Waals surface area contributed by atoms with E-state index in [0.717, 1.165) is 12.8 Å². The summed E-state index contributed by atoms with van der Waals surface area (Å²) in [6.07, 6.45) is 4.37. The average molecular weight is 175 g/mol. The number of hydrogen-bond acceptors (Lipinski definition) is 1. The lowest BCUT2D eigenvalue weighted by Crippen LogP contribution is -1.93. The first-order valence-electron chi connectivity index (χ1n) is 5.74. The molecule has 0 aromatic heterocycles. The Hall–Kier alpha value is -0.530. The second kappa shape index (κ2) is 8.57. The van der Waals surface area contributed by atoms with Crippen LogP contribution < -0.4 is 0 Å². The Morgan fingerprint density at radius 3 is 2.17 bits per heavy atom. The smallest absolute Gasteiger partial charge is 0.303 e. The van der Waals surface area contributed by atoms with E-state index < -0.39 is 12.3 Å². The molecule has 0 aliphatic rings. The van der Waals surface area contributed by atoms with Crippen LogP contribution in [0.4, 0.5) is 0 Å². The zero-order valence-corrected chi connectivity index (χ0v) is 7.81. The first-order valence-corrected chi connectivity index (χ1v) is 4.74. The summed E-state index contributed by atoms with van der Waals surface area (Å²) in [5.74, 6) is -1.34. The molecule has 0 unspecified atom stereocenters. The molecular weight excluding hydrogens is 153 g/mol. The summed E-state index contributed by atoms with van der Waals surface area (Å²) < 4.78 is 14.3. The summed E-state index contributed by atoms with van der Waals surface area (Å²) in [6.45, 7) is 2.14. The summed E-state index contributed by atoms with van der Waals surface area (Å²) in [7, 11) is 0. The first kappa shape index (κ1) is 8.09. The maximum Gasteiger partial charge on any atom is 0.303 e. The summed E-state index contributed by atoms with van der Waals surface area (Å²) in [5.41, 5.74) is 0. The molecule has 0 radical (unpaired) electrons. The third kappa shape index (κ3) is 9.47. The van der Waals surface area contributed by atoms with Gasteiger partial charge in [-0.1, -0.05) is 45.4 Å². The Morgan fingerprint density at radius 1 is 1.17 bits per heavy atom. The van der Waals surface area contributed by atoms with Crippen molar-refractivity contribution >= 4 is 5.97 Å². The first-order chi connectivity index (χ1) is 6.50. The van der Waals surface area contributed by atoms with Gasteiger partial charge in [0.25, 0.3) is 0 Å². The molecule has 0 saturated carbocycles. The molecule has 0 rings (SSSR count). The highest BCUT2D eigenvalue weighted by Gasteiger charge is 1.95. The molecule has 72 valence electrons. The van der Waals surface area contributed by atoms with Crippen molar-refractivity contribution in [3.05, 3.63) is 0 Å². The van der Waals surface area contributed by atoms with Crippen LogP contribution in [-0.2, 0) is 4.79 Å². The Balaban J connectivity index is 3.40. The largest absolute Gasteiger partial charge is 0.481 e. The van der Waals surface area contributed by atoms with E-state index in [2.05, 4.69) is 6.92 Å². The van der Waals surface area contributed by atoms with E-state index in [1.807, 2.05) is 0 Å². The molecule has 0 heterocycles. The number of aliphatic carboxylic acids is 1. The maximum absolute atomic E-state index is 10.4. The molecule has 2 nitrogen and oxygen atoms in total. The molecule has 0 bridgehead atoms.